The fraction of sp³-hybridized carbons (Fsp3) is 0.231. The number of hydrogen-bond donors (Lipinski definition) is 0. The average molecular weight is 536 g/mol. The Kier molecular flexibility index (Phi) is 9.29. The third-order valence-corrected chi connectivity index (χ3v) is 4.82. The number of benzene rings is 3. The molecule has 3 aromatic carbocycles. The van der Waals surface area contributed by atoms with Crippen LogP contribution in [0.25, 0.3) is 11.1 Å². The summed E-state index contributed by atoms with van der Waals surface area (Å²) in [7, 11) is 0. The largest absolute Gasteiger partial charge is 0.459 e. The van der Waals surface area contributed by atoms with Gasteiger partial charge in [0.1, 0.15) is 22.9 Å². The van der Waals surface area contributed by atoms with E-state index in [1.807, 2.05) is 6.92 Å². The molecule has 3 rings (SSSR count). The second kappa shape index (κ2) is 11.6. The summed E-state index contributed by atoms with van der Waals surface area (Å²) >= 11 is 0. The van der Waals surface area contributed by atoms with E-state index < -0.39 is 58.7 Å². The van der Waals surface area contributed by atoms with Gasteiger partial charge in [-0.3, -0.25) is 0 Å². The summed E-state index contributed by atoms with van der Waals surface area (Å²) in [5, 5.41) is 0. The van der Waals surface area contributed by atoms with Crippen molar-refractivity contribution >= 4 is 0 Å². The number of aryl methyl sites for hydroxylation is 1. The lowest BCUT2D eigenvalue weighted by Gasteiger charge is -2.20. The van der Waals surface area contributed by atoms with Gasteiger partial charge >= 0.3 is 12.3 Å². The SMILES string of the molecule is C.CCCc1ccc(-c2cc(F)c(C(F)(F)Oc3cc(F)c(O/C=C/C(F)(F)F)c(F)c3)c(F)c2)cc1. The first-order chi connectivity index (χ1) is 16.8. The smallest absolute Gasteiger partial charge is 0.432 e. The monoisotopic (exact) mass is 536 g/mol. The molecule has 0 atom stereocenters. The summed E-state index contributed by atoms with van der Waals surface area (Å²) in [6, 6.07) is 8.27. The number of allylic oxidation sites excluding steroid dienone is 1. The van der Waals surface area contributed by atoms with Crippen LogP contribution in [0.2, 0.25) is 0 Å². The van der Waals surface area contributed by atoms with E-state index in [2.05, 4.69) is 9.47 Å². The Morgan fingerprint density at radius 1 is 0.757 bits per heavy atom. The first kappa shape index (κ1) is 29.6. The second-order valence-corrected chi connectivity index (χ2v) is 7.56. The zero-order valence-electron chi connectivity index (χ0n) is 18.4. The molecule has 0 heterocycles. The highest BCUT2D eigenvalue weighted by Crippen LogP contribution is 2.38. The van der Waals surface area contributed by atoms with Gasteiger partial charge in [-0.25, -0.2) is 17.6 Å². The van der Waals surface area contributed by atoms with Crippen molar-refractivity contribution < 1.29 is 49.0 Å². The van der Waals surface area contributed by atoms with E-state index in [1.54, 1.807) is 24.3 Å². The van der Waals surface area contributed by atoms with Crippen LogP contribution in [0.4, 0.5) is 39.5 Å². The van der Waals surface area contributed by atoms with Gasteiger partial charge in [0.25, 0.3) is 0 Å². The topological polar surface area (TPSA) is 18.5 Å². The first-order valence-electron chi connectivity index (χ1n) is 10.4. The van der Waals surface area contributed by atoms with Crippen LogP contribution < -0.4 is 9.47 Å². The van der Waals surface area contributed by atoms with Crippen molar-refractivity contribution in [3.05, 3.63) is 95.3 Å². The van der Waals surface area contributed by atoms with Crippen molar-refractivity contribution in [2.45, 2.75) is 39.5 Å². The molecular weight excluding hydrogens is 515 g/mol. The molecule has 0 bridgehead atoms. The molecule has 11 heteroatoms. The lowest BCUT2D eigenvalue weighted by Crippen LogP contribution is -2.25. The van der Waals surface area contributed by atoms with Crippen molar-refractivity contribution in [2.24, 2.45) is 0 Å². The molecule has 3 aromatic rings. The van der Waals surface area contributed by atoms with Gasteiger partial charge in [-0.1, -0.05) is 45.0 Å². The lowest BCUT2D eigenvalue weighted by molar-refractivity contribution is -0.189. The summed E-state index contributed by atoms with van der Waals surface area (Å²) in [5.74, 6) is -9.28. The highest BCUT2D eigenvalue weighted by atomic mass is 19.4. The molecule has 0 aromatic heterocycles. The lowest BCUT2D eigenvalue weighted by atomic mass is 10.00. The molecule has 0 unspecified atom stereocenters. The maximum atomic E-state index is 14.6. The quantitative estimate of drug-likeness (QED) is 0.211. The maximum Gasteiger partial charge on any atom is 0.432 e. The molecule has 0 radical (unpaired) electrons. The number of ether oxygens (including phenoxy) is 2. The van der Waals surface area contributed by atoms with Crippen LogP contribution in [-0.2, 0) is 12.5 Å². The molecule has 0 saturated carbocycles. The first-order valence-corrected chi connectivity index (χ1v) is 10.4. The van der Waals surface area contributed by atoms with Gasteiger partial charge < -0.3 is 9.47 Å². The Morgan fingerprint density at radius 2 is 1.30 bits per heavy atom. The molecule has 0 amide bonds. The minimum Gasteiger partial charge on any atom is -0.459 e. The number of alkyl halides is 5. The standard InChI is InChI=1S/C25H17F9O2.CH4/c1-2-3-14-4-6-15(7-5-14)16-10-18(26)22(19(27)11-16)25(33,34)36-17-12-20(28)23(21(29)13-17)35-9-8-24(30,31)32;/h4-13H,2-3H2,1H3;1H4/b9-8+;. The van der Waals surface area contributed by atoms with E-state index in [4.69, 9.17) is 0 Å². The highest BCUT2D eigenvalue weighted by Gasteiger charge is 2.41. The van der Waals surface area contributed by atoms with Gasteiger partial charge in [-0.2, -0.15) is 22.0 Å². The van der Waals surface area contributed by atoms with E-state index in [0.717, 1.165) is 18.4 Å². The number of rotatable bonds is 8. The molecule has 0 spiro atoms. The zero-order chi connectivity index (χ0) is 26.7. The fourth-order valence-electron chi connectivity index (χ4n) is 3.26. The Bertz CT molecular complexity index is 1200. The van der Waals surface area contributed by atoms with E-state index >= 15 is 0 Å². The van der Waals surface area contributed by atoms with Crippen LogP contribution in [0, 0.1) is 23.3 Å². The zero-order valence-corrected chi connectivity index (χ0v) is 18.4. The highest BCUT2D eigenvalue weighted by molar-refractivity contribution is 5.64. The van der Waals surface area contributed by atoms with Gasteiger partial charge in [0.2, 0.25) is 0 Å². The Hall–Kier alpha value is -3.63. The van der Waals surface area contributed by atoms with Crippen LogP contribution in [0.1, 0.15) is 31.9 Å². The summed E-state index contributed by atoms with van der Waals surface area (Å²) in [6.07, 6.45) is -8.40. The molecule has 2 nitrogen and oxygen atoms in total. The molecule has 200 valence electrons. The van der Waals surface area contributed by atoms with Crippen molar-refractivity contribution in [1.29, 1.82) is 0 Å². The predicted octanol–water partition coefficient (Wildman–Crippen LogP) is 9.08. The second-order valence-electron chi connectivity index (χ2n) is 7.56. The molecule has 0 aliphatic carbocycles. The summed E-state index contributed by atoms with van der Waals surface area (Å²) < 4.78 is 131. The van der Waals surface area contributed by atoms with E-state index in [-0.39, 0.29) is 31.4 Å². The van der Waals surface area contributed by atoms with Crippen LogP contribution in [0.3, 0.4) is 0 Å². The van der Waals surface area contributed by atoms with Crippen LogP contribution in [0.5, 0.6) is 11.5 Å². The van der Waals surface area contributed by atoms with Crippen molar-refractivity contribution in [2.75, 3.05) is 0 Å². The van der Waals surface area contributed by atoms with Crippen LogP contribution in [-0.4, -0.2) is 6.18 Å². The van der Waals surface area contributed by atoms with Gasteiger partial charge in [0, 0.05) is 12.1 Å². The fourth-order valence-corrected chi connectivity index (χ4v) is 3.26. The minimum absolute atomic E-state index is 0. The molecule has 37 heavy (non-hydrogen) atoms. The molecule has 0 aliphatic heterocycles. The average Bonchev–Trinajstić information content (AvgIpc) is 2.74. The minimum atomic E-state index is -4.83. The van der Waals surface area contributed by atoms with Crippen LogP contribution >= 0.6 is 0 Å². The third kappa shape index (κ3) is 7.43. The van der Waals surface area contributed by atoms with Crippen molar-refractivity contribution in [3.63, 3.8) is 0 Å². The third-order valence-electron chi connectivity index (χ3n) is 4.82. The Labute approximate surface area is 206 Å². The molecule has 0 saturated heterocycles. The summed E-state index contributed by atoms with van der Waals surface area (Å²) in [6.45, 7) is 1.97. The van der Waals surface area contributed by atoms with Gasteiger partial charge in [0.15, 0.2) is 17.4 Å². The molecule has 0 fully saturated rings. The Balaban J connectivity index is 0.00000481. The summed E-state index contributed by atoms with van der Waals surface area (Å²) in [4.78, 5) is 0. The van der Waals surface area contributed by atoms with Crippen molar-refractivity contribution in [1.82, 2.24) is 0 Å². The van der Waals surface area contributed by atoms with Gasteiger partial charge in [-0.05, 0) is 35.2 Å². The molecule has 0 aliphatic rings. The molecule has 0 N–H and O–H groups in total. The maximum absolute atomic E-state index is 14.6. The number of hydrogen-bond acceptors (Lipinski definition) is 2. The van der Waals surface area contributed by atoms with E-state index in [0.29, 0.717) is 17.7 Å². The summed E-state index contributed by atoms with van der Waals surface area (Å²) in [5.41, 5.74) is -0.491. The predicted molar refractivity (Wildman–Crippen MR) is 119 cm³/mol. The number of halogens is 9. The normalized spacial score (nSPS) is 11.9. The van der Waals surface area contributed by atoms with Crippen LogP contribution in [0.15, 0.2) is 60.9 Å². The van der Waals surface area contributed by atoms with Gasteiger partial charge in [0.05, 0.1) is 12.3 Å². The van der Waals surface area contributed by atoms with Crippen molar-refractivity contribution in [3.8, 4) is 22.6 Å². The van der Waals surface area contributed by atoms with Gasteiger partial charge in [-0.15, -0.1) is 0 Å². The van der Waals surface area contributed by atoms with E-state index in [1.165, 1.54) is 0 Å². The Morgan fingerprint density at radius 3 is 1.78 bits per heavy atom. The molecular formula is C26H21F9O2. The van der Waals surface area contributed by atoms with E-state index in [9.17, 15) is 39.5 Å².